The van der Waals surface area contributed by atoms with Crippen LogP contribution in [0.25, 0.3) is 0 Å². The van der Waals surface area contributed by atoms with Gasteiger partial charge in [0, 0.05) is 9.61 Å². The minimum Gasteiger partial charge on any atom is -0.321 e. The lowest BCUT2D eigenvalue weighted by Crippen LogP contribution is -2.08. The van der Waals surface area contributed by atoms with Crippen molar-refractivity contribution >= 4 is 22.6 Å². The summed E-state index contributed by atoms with van der Waals surface area (Å²) >= 11 is 2.06. The molecule has 12 heavy (non-hydrogen) atoms. The third kappa shape index (κ3) is 2.04. The van der Waals surface area contributed by atoms with Gasteiger partial charge in [-0.1, -0.05) is 12.1 Å². The molecule has 0 aromatic heterocycles. The monoisotopic (exact) mass is 277 g/mol. The number of nitrogens with two attached hydrogens (primary N) is 1. The van der Waals surface area contributed by atoms with Crippen molar-refractivity contribution in [3.05, 3.63) is 45.8 Å². The highest BCUT2D eigenvalue weighted by molar-refractivity contribution is 14.1. The topological polar surface area (TPSA) is 26.0 Å². The molecule has 0 saturated heterocycles. The third-order valence-corrected chi connectivity index (χ3v) is 2.51. The first-order valence-electron chi connectivity index (χ1n) is 3.48. The van der Waals surface area contributed by atoms with Crippen LogP contribution in [0, 0.1) is 9.39 Å². The molecule has 1 aromatic rings. The molecule has 0 fully saturated rings. The Balaban J connectivity index is 3.09. The molecule has 0 radical (unpaired) electrons. The lowest BCUT2D eigenvalue weighted by molar-refractivity contribution is 0.625. The number of hydrogen-bond donors (Lipinski definition) is 1. The standard InChI is InChI=1S/C9H9FIN/c1-2-9(12)7-4-3-6(10)5-8(7)11/h2-5,9H,1,12H2/t9-/m1/s1. The van der Waals surface area contributed by atoms with Crippen molar-refractivity contribution in [1.82, 2.24) is 0 Å². The number of hydrogen-bond acceptors (Lipinski definition) is 1. The minimum atomic E-state index is -0.237. The van der Waals surface area contributed by atoms with Crippen LogP contribution < -0.4 is 5.73 Å². The van der Waals surface area contributed by atoms with Gasteiger partial charge < -0.3 is 5.73 Å². The molecular formula is C9H9FIN. The van der Waals surface area contributed by atoms with Crippen LogP contribution in [0.2, 0.25) is 0 Å². The maximum absolute atomic E-state index is 12.6. The van der Waals surface area contributed by atoms with E-state index in [-0.39, 0.29) is 11.9 Å². The fraction of sp³-hybridized carbons (Fsp3) is 0.111. The van der Waals surface area contributed by atoms with Gasteiger partial charge in [0.1, 0.15) is 5.82 Å². The summed E-state index contributed by atoms with van der Waals surface area (Å²) < 4.78 is 13.5. The van der Waals surface area contributed by atoms with Gasteiger partial charge >= 0.3 is 0 Å². The summed E-state index contributed by atoms with van der Waals surface area (Å²) in [7, 11) is 0. The second-order valence-electron chi connectivity index (χ2n) is 2.43. The van der Waals surface area contributed by atoms with Crippen molar-refractivity contribution in [1.29, 1.82) is 0 Å². The van der Waals surface area contributed by atoms with E-state index in [1.807, 2.05) is 0 Å². The second-order valence-corrected chi connectivity index (χ2v) is 3.59. The largest absolute Gasteiger partial charge is 0.321 e. The summed E-state index contributed by atoms with van der Waals surface area (Å²) in [5, 5.41) is 0. The lowest BCUT2D eigenvalue weighted by Gasteiger charge is -2.08. The summed E-state index contributed by atoms with van der Waals surface area (Å²) in [5.41, 5.74) is 6.61. The molecule has 0 aliphatic heterocycles. The van der Waals surface area contributed by atoms with Crippen LogP contribution in [-0.2, 0) is 0 Å². The summed E-state index contributed by atoms with van der Waals surface area (Å²) in [5.74, 6) is -0.237. The van der Waals surface area contributed by atoms with E-state index in [0.717, 1.165) is 9.13 Å². The zero-order chi connectivity index (χ0) is 9.14. The second kappa shape index (κ2) is 4.00. The third-order valence-electron chi connectivity index (χ3n) is 1.58. The predicted octanol–water partition coefficient (Wildman–Crippen LogP) is 2.62. The Labute approximate surface area is 84.6 Å². The molecule has 0 unspecified atom stereocenters. The Kier molecular flexibility index (Phi) is 3.22. The van der Waals surface area contributed by atoms with E-state index < -0.39 is 0 Å². The quantitative estimate of drug-likeness (QED) is 0.652. The molecule has 2 N–H and O–H groups in total. The summed E-state index contributed by atoms with van der Waals surface area (Å²) in [6.45, 7) is 3.58. The highest BCUT2D eigenvalue weighted by atomic mass is 127. The fourth-order valence-electron chi connectivity index (χ4n) is 0.899. The molecule has 64 valence electrons. The van der Waals surface area contributed by atoms with Crippen LogP contribution in [-0.4, -0.2) is 0 Å². The molecule has 0 aliphatic carbocycles. The van der Waals surface area contributed by atoms with E-state index >= 15 is 0 Å². The van der Waals surface area contributed by atoms with Gasteiger partial charge in [0.2, 0.25) is 0 Å². The summed E-state index contributed by atoms with van der Waals surface area (Å²) in [6, 6.07) is 4.33. The van der Waals surface area contributed by atoms with Gasteiger partial charge in [0.25, 0.3) is 0 Å². The molecule has 1 atom stereocenters. The van der Waals surface area contributed by atoms with Gasteiger partial charge in [-0.25, -0.2) is 4.39 Å². The van der Waals surface area contributed by atoms with Crippen molar-refractivity contribution < 1.29 is 4.39 Å². The fourth-order valence-corrected chi connectivity index (χ4v) is 1.74. The average molecular weight is 277 g/mol. The molecule has 1 rings (SSSR count). The van der Waals surface area contributed by atoms with Crippen LogP contribution in [0.3, 0.4) is 0 Å². The lowest BCUT2D eigenvalue weighted by atomic mass is 10.1. The Morgan fingerprint density at radius 2 is 2.25 bits per heavy atom. The smallest absolute Gasteiger partial charge is 0.124 e. The molecule has 3 heteroatoms. The van der Waals surface area contributed by atoms with Crippen molar-refractivity contribution in [3.63, 3.8) is 0 Å². The normalized spacial score (nSPS) is 12.6. The first-order chi connectivity index (χ1) is 5.65. The van der Waals surface area contributed by atoms with Gasteiger partial charge in [-0.05, 0) is 40.3 Å². The molecule has 0 bridgehead atoms. The van der Waals surface area contributed by atoms with Crippen LogP contribution in [0.1, 0.15) is 11.6 Å². The highest BCUT2D eigenvalue weighted by Gasteiger charge is 2.06. The highest BCUT2D eigenvalue weighted by Crippen LogP contribution is 2.19. The molecule has 0 saturated carbocycles. The first-order valence-corrected chi connectivity index (χ1v) is 4.56. The van der Waals surface area contributed by atoms with Crippen molar-refractivity contribution in [2.45, 2.75) is 6.04 Å². The van der Waals surface area contributed by atoms with Gasteiger partial charge in [-0.2, -0.15) is 0 Å². The predicted molar refractivity (Wildman–Crippen MR) is 56.2 cm³/mol. The molecule has 0 spiro atoms. The van der Waals surface area contributed by atoms with Crippen molar-refractivity contribution in [2.75, 3.05) is 0 Å². The molecule has 1 aromatic carbocycles. The summed E-state index contributed by atoms with van der Waals surface area (Å²) in [4.78, 5) is 0. The van der Waals surface area contributed by atoms with Gasteiger partial charge in [0.15, 0.2) is 0 Å². The minimum absolute atomic E-state index is 0.211. The van der Waals surface area contributed by atoms with E-state index in [0.29, 0.717) is 0 Å². The number of halogens is 2. The SMILES string of the molecule is C=C[C@@H](N)c1ccc(F)cc1I. The van der Waals surface area contributed by atoms with E-state index in [1.165, 1.54) is 12.1 Å². The molecule has 0 amide bonds. The van der Waals surface area contributed by atoms with E-state index in [9.17, 15) is 4.39 Å². The van der Waals surface area contributed by atoms with Gasteiger partial charge in [0.05, 0.1) is 0 Å². The molecule has 1 nitrogen and oxygen atoms in total. The van der Waals surface area contributed by atoms with Crippen LogP contribution in [0.4, 0.5) is 4.39 Å². The van der Waals surface area contributed by atoms with Crippen molar-refractivity contribution in [3.8, 4) is 0 Å². The van der Waals surface area contributed by atoms with E-state index in [4.69, 9.17) is 5.73 Å². The van der Waals surface area contributed by atoms with E-state index in [2.05, 4.69) is 29.2 Å². The average Bonchev–Trinajstić information content (AvgIpc) is 2.03. The Morgan fingerprint density at radius 1 is 1.58 bits per heavy atom. The maximum atomic E-state index is 12.6. The Hall–Kier alpha value is -0.420. The van der Waals surface area contributed by atoms with Crippen molar-refractivity contribution in [2.24, 2.45) is 5.73 Å². The number of benzene rings is 1. The summed E-state index contributed by atoms with van der Waals surface area (Å²) in [6.07, 6.45) is 1.63. The molecular weight excluding hydrogens is 268 g/mol. The molecule has 0 aliphatic rings. The molecule has 0 heterocycles. The number of rotatable bonds is 2. The Bertz CT molecular complexity index is 299. The van der Waals surface area contributed by atoms with E-state index in [1.54, 1.807) is 12.1 Å². The van der Waals surface area contributed by atoms with Gasteiger partial charge in [-0.3, -0.25) is 0 Å². The van der Waals surface area contributed by atoms with Crippen LogP contribution in [0.15, 0.2) is 30.9 Å². The first kappa shape index (κ1) is 9.67. The van der Waals surface area contributed by atoms with Gasteiger partial charge in [-0.15, -0.1) is 6.58 Å². The Morgan fingerprint density at radius 3 is 2.75 bits per heavy atom. The van der Waals surface area contributed by atoms with Crippen LogP contribution >= 0.6 is 22.6 Å². The zero-order valence-corrected chi connectivity index (χ0v) is 8.58. The van der Waals surface area contributed by atoms with Crippen LogP contribution in [0.5, 0.6) is 0 Å². The maximum Gasteiger partial charge on any atom is 0.124 e. The zero-order valence-electron chi connectivity index (χ0n) is 6.43.